The van der Waals surface area contributed by atoms with Crippen molar-refractivity contribution in [2.24, 2.45) is 0 Å². The molecule has 0 bridgehead atoms. The standard InChI is InChI=1S/C14H17ClN4OS/c1-3-8-16-14-18-17-12(21-14)13(20)19(2)9-10-4-6-11(15)7-5-10/h4-7H,3,8-9H2,1-2H3,(H,16,18). The zero-order chi connectivity index (χ0) is 15.2. The largest absolute Gasteiger partial charge is 0.360 e. The second-order valence-electron chi connectivity index (χ2n) is 4.63. The van der Waals surface area contributed by atoms with Crippen LogP contribution >= 0.6 is 22.9 Å². The predicted molar refractivity (Wildman–Crippen MR) is 85.9 cm³/mol. The molecule has 1 N–H and O–H groups in total. The highest BCUT2D eigenvalue weighted by Gasteiger charge is 2.17. The van der Waals surface area contributed by atoms with Crippen molar-refractivity contribution in [1.29, 1.82) is 0 Å². The van der Waals surface area contributed by atoms with E-state index in [-0.39, 0.29) is 5.91 Å². The SMILES string of the molecule is CCCNc1nnc(C(=O)N(C)Cc2ccc(Cl)cc2)s1. The fourth-order valence-electron chi connectivity index (χ4n) is 1.71. The van der Waals surface area contributed by atoms with Gasteiger partial charge in [0.05, 0.1) is 0 Å². The highest BCUT2D eigenvalue weighted by atomic mass is 35.5. The van der Waals surface area contributed by atoms with Gasteiger partial charge in [-0.25, -0.2) is 0 Å². The molecule has 1 amide bonds. The van der Waals surface area contributed by atoms with E-state index in [0.29, 0.717) is 21.7 Å². The molecule has 1 heterocycles. The lowest BCUT2D eigenvalue weighted by Crippen LogP contribution is -2.26. The van der Waals surface area contributed by atoms with Gasteiger partial charge in [-0.1, -0.05) is 42.0 Å². The second-order valence-corrected chi connectivity index (χ2v) is 6.04. The van der Waals surface area contributed by atoms with E-state index in [1.807, 2.05) is 24.3 Å². The first kappa shape index (κ1) is 15.7. The molecule has 0 saturated heterocycles. The van der Waals surface area contributed by atoms with Crippen LogP contribution in [-0.2, 0) is 6.54 Å². The van der Waals surface area contributed by atoms with Crippen molar-refractivity contribution < 1.29 is 4.79 Å². The summed E-state index contributed by atoms with van der Waals surface area (Å²) in [6.07, 6.45) is 0.999. The maximum absolute atomic E-state index is 12.3. The fraction of sp³-hybridized carbons (Fsp3) is 0.357. The average molecular weight is 325 g/mol. The molecule has 0 spiro atoms. The number of carbonyl (C=O) groups excluding carboxylic acids is 1. The van der Waals surface area contributed by atoms with Gasteiger partial charge in [-0.3, -0.25) is 4.79 Å². The van der Waals surface area contributed by atoms with E-state index >= 15 is 0 Å². The zero-order valence-electron chi connectivity index (χ0n) is 12.0. The lowest BCUT2D eigenvalue weighted by atomic mass is 10.2. The minimum absolute atomic E-state index is 0.132. The summed E-state index contributed by atoms with van der Waals surface area (Å²) in [5, 5.41) is 12.8. The van der Waals surface area contributed by atoms with Crippen molar-refractivity contribution in [2.45, 2.75) is 19.9 Å². The molecule has 5 nitrogen and oxygen atoms in total. The Morgan fingerprint density at radius 3 is 2.71 bits per heavy atom. The van der Waals surface area contributed by atoms with E-state index in [1.165, 1.54) is 11.3 Å². The molecular weight excluding hydrogens is 308 g/mol. The third-order valence-corrected chi connectivity index (χ3v) is 3.93. The van der Waals surface area contributed by atoms with Crippen LogP contribution in [0.3, 0.4) is 0 Å². The highest BCUT2D eigenvalue weighted by Crippen LogP contribution is 2.18. The predicted octanol–water partition coefficient (Wildman–Crippen LogP) is 3.29. The van der Waals surface area contributed by atoms with Crippen LogP contribution < -0.4 is 5.32 Å². The quantitative estimate of drug-likeness (QED) is 0.886. The number of hydrogen-bond acceptors (Lipinski definition) is 5. The van der Waals surface area contributed by atoms with E-state index in [2.05, 4.69) is 22.4 Å². The number of anilines is 1. The third-order valence-electron chi connectivity index (χ3n) is 2.81. The summed E-state index contributed by atoms with van der Waals surface area (Å²) < 4.78 is 0. The maximum Gasteiger partial charge on any atom is 0.284 e. The molecule has 0 fully saturated rings. The number of hydrogen-bond donors (Lipinski definition) is 1. The topological polar surface area (TPSA) is 58.1 Å². The van der Waals surface area contributed by atoms with Gasteiger partial charge in [-0.15, -0.1) is 10.2 Å². The minimum Gasteiger partial charge on any atom is -0.360 e. The summed E-state index contributed by atoms with van der Waals surface area (Å²) in [5.74, 6) is -0.132. The lowest BCUT2D eigenvalue weighted by molar-refractivity contribution is 0.0784. The van der Waals surface area contributed by atoms with Crippen LogP contribution in [0.25, 0.3) is 0 Å². The summed E-state index contributed by atoms with van der Waals surface area (Å²) in [7, 11) is 1.75. The van der Waals surface area contributed by atoms with Crippen LogP contribution in [0.5, 0.6) is 0 Å². The molecule has 0 unspecified atom stereocenters. The third kappa shape index (κ3) is 4.41. The fourth-order valence-corrected chi connectivity index (χ4v) is 2.60. The minimum atomic E-state index is -0.132. The average Bonchev–Trinajstić information content (AvgIpc) is 2.95. The number of rotatable bonds is 6. The van der Waals surface area contributed by atoms with Gasteiger partial charge in [0.15, 0.2) is 0 Å². The molecule has 0 atom stereocenters. The Morgan fingerprint density at radius 2 is 2.05 bits per heavy atom. The molecule has 7 heteroatoms. The van der Waals surface area contributed by atoms with Gasteiger partial charge < -0.3 is 10.2 Å². The number of benzene rings is 1. The summed E-state index contributed by atoms with van der Waals surface area (Å²) in [4.78, 5) is 13.9. The molecule has 112 valence electrons. The van der Waals surface area contributed by atoms with Crippen molar-refractivity contribution >= 4 is 34.0 Å². The normalized spacial score (nSPS) is 10.4. The Bertz CT molecular complexity index is 599. The van der Waals surface area contributed by atoms with Crippen LogP contribution in [0, 0.1) is 0 Å². The Balaban J connectivity index is 1.98. The molecule has 2 aromatic rings. The monoisotopic (exact) mass is 324 g/mol. The Hall–Kier alpha value is -1.66. The Morgan fingerprint density at radius 1 is 1.33 bits per heavy atom. The molecule has 0 saturated carbocycles. The van der Waals surface area contributed by atoms with Gasteiger partial charge in [0.25, 0.3) is 5.91 Å². The van der Waals surface area contributed by atoms with E-state index in [9.17, 15) is 4.79 Å². The van der Waals surface area contributed by atoms with Gasteiger partial charge in [0, 0.05) is 25.2 Å². The zero-order valence-corrected chi connectivity index (χ0v) is 13.5. The van der Waals surface area contributed by atoms with Gasteiger partial charge >= 0.3 is 0 Å². The van der Waals surface area contributed by atoms with E-state index < -0.39 is 0 Å². The molecule has 0 aliphatic rings. The molecule has 1 aromatic carbocycles. The summed E-state index contributed by atoms with van der Waals surface area (Å²) in [5.41, 5.74) is 1.02. The Kier molecular flexibility index (Phi) is 5.52. The Labute approximate surface area is 133 Å². The molecular formula is C14H17ClN4OS. The van der Waals surface area contributed by atoms with Crippen LogP contribution in [0.1, 0.15) is 28.7 Å². The molecule has 21 heavy (non-hydrogen) atoms. The number of halogens is 1. The number of amides is 1. The van der Waals surface area contributed by atoms with Crippen molar-refractivity contribution in [3.63, 3.8) is 0 Å². The van der Waals surface area contributed by atoms with Crippen molar-refractivity contribution in [3.05, 3.63) is 39.9 Å². The van der Waals surface area contributed by atoms with Gasteiger partial charge in [-0.05, 0) is 24.1 Å². The van der Waals surface area contributed by atoms with Crippen molar-refractivity contribution in [2.75, 3.05) is 18.9 Å². The van der Waals surface area contributed by atoms with E-state index in [1.54, 1.807) is 11.9 Å². The van der Waals surface area contributed by atoms with E-state index in [0.717, 1.165) is 18.5 Å². The number of nitrogens with one attached hydrogen (secondary N) is 1. The lowest BCUT2D eigenvalue weighted by Gasteiger charge is -2.15. The second kappa shape index (κ2) is 7.38. The smallest absolute Gasteiger partial charge is 0.284 e. The summed E-state index contributed by atoms with van der Waals surface area (Å²) in [6, 6.07) is 7.43. The van der Waals surface area contributed by atoms with Crippen LogP contribution in [0.2, 0.25) is 5.02 Å². The number of carbonyl (C=O) groups is 1. The first-order valence-electron chi connectivity index (χ1n) is 6.67. The van der Waals surface area contributed by atoms with E-state index in [4.69, 9.17) is 11.6 Å². The number of aromatic nitrogens is 2. The molecule has 0 aliphatic carbocycles. The van der Waals surface area contributed by atoms with Gasteiger partial charge in [0.2, 0.25) is 10.1 Å². The highest BCUT2D eigenvalue weighted by molar-refractivity contribution is 7.17. The molecule has 2 rings (SSSR count). The first-order chi connectivity index (χ1) is 10.1. The molecule has 0 radical (unpaired) electrons. The van der Waals surface area contributed by atoms with Crippen LogP contribution in [-0.4, -0.2) is 34.6 Å². The van der Waals surface area contributed by atoms with Crippen molar-refractivity contribution in [3.8, 4) is 0 Å². The first-order valence-corrected chi connectivity index (χ1v) is 7.87. The molecule has 1 aromatic heterocycles. The van der Waals surface area contributed by atoms with Crippen LogP contribution in [0.15, 0.2) is 24.3 Å². The van der Waals surface area contributed by atoms with Crippen molar-refractivity contribution in [1.82, 2.24) is 15.1 Å². The summed E-state index contributed by atoms with van der Waals surface area (Å²) >= 11 is 7.12. The molecule has 0 aliphatic heterocycles. The van der Waals surface area contributed by atoms with Gasteiger partial charge in [0.1, 0.15) is 0 Å². The van der Waals surface area contributed by atoms with Crippen LogP contribution in [0.4, 0.5) is 5.13 Å². The number of nitrogens with zero attached hydrogens (tertiary/aromatic N) is 3. The maximum atomic E-state index is 12.3. The van der Waals surface area contributed by atoms with Gasteiger partial charge in [-0.2, -0.15) is 0 Å². The summed E-state index contributed by atoms with van der Waals surface area (Å²) in [6.45, 7) is 3.40.